The van der Waals surface area contributed by atoms with Gasteiger partial charge in [0, 0.05) is 55.3 Å². The highest BCUT2D eigenvalue weighted by Gasteiger charge is 2.46. The van der Waals surface area contributed by atoms with Crippen molar-refractivity contribution in [1.82, 2.24) is 28.8 Å². The minimum absolute atomic E-state index is 0.203. The van der Waals surface area contributed by atoms with Crippen molar-refractivity contribution in [3.63, 3.8) is 0 Å². The predicted octanol–water partition coefficient (Wildman–Crippen LogP) is 5.06. The molecule has 2 fully saturated rings. The van der Waals surface area contributed by atoms with E-state index in [1.54, 1.807) is 20.4 Å². The van der Waals surface area contributed by atoms with E-state index in [2.05, 4.69) is 60.8 Å². The highest BCUT2D eigenvalue weighted by atomic mass is 32.2. The molecule has 2 bridgehead atoms. The van der Waals surface area contributed by atoms with Gasteiger partial charge in [0.25, 0.3) is 0 Å². The zero-order chi connectivity index (χ0) is 27.1. The largest absolute Gasteiger partial charge is 0.346 e. The van der Waals surface area contributed by atoms with Crippen LogP contribution >= 0.6 is 11.3 Å². The average molecular weight is 555 g/mol. The lowest BCUT2D eigenvalue weighted by atomic mass is 9.88. The van der Waals surface area contributed by atoms with E-state index >= 15 is 0 Å². The molecular formula is C28H38N6O2S2. The van der Waals surface area contributed by atoms with E-state index in [9.17, 15) is 8.42 Å². The summed E-state index contributed by atoms with van der Waals surface area (Å²) < 4.78 is 27.8. The summed E-state index contributed by atoms with van der Waals surface area (Å²) in [5.74, 6) is 1.74. The molecule has 1 aliphatic carbocycles. The van der Waals surface area contributed by atoms with Crippen molar-refractivity contribution in [3.8, 4) is 11.3 Å². The van der Waals surface area contributed by atoms with Gasteiger partial charge in [0.15, 0.2) is 5.65 Å². The molecule has 3 atom stereocenters. The van der Waals surface area contributed by atoms with Crippen molar-refractivity contribution >= 4 is 37.2 Å². The van der Waals surface area contributed by atoms with Gasteiger partial charge in [0.1, 0.15) is 11.2 Å². The van der Waals surface area contributed by atoms with E-state index < -0.39 is 10.0 Å². The molecule has 204 valence electrons. The van der Waals surface area contributed by atoms with Gasteiger partial charge < -0.3 is 4.98 Å². The van der Waals surface area contributed by atoms with Crippen molar-refractivity contribution in [3.05, 3.63) is 39.7 Å². The van der Waals surface area contributed by atoms with Gasteiger partial charge in [-0.2, -0.15) is 5.10 Å². The summed E-state index contributed by atoms with van der Waals surface area (Å²) in [4.78, 5) is 13.5. The fraction of sp³-hybridized carbons (Fsp3) is 0.571. The molecule has 0 aromatic carbocycles. The third-order valence-corrected chi connectivity index (χ3v) is 12.3. The summed E-state index contributed by atoms with van der Waals surface area (Å²) in [5.41, 5.74) is 8.52. The Morgan fingerprint density at radius 3 is 2.58 bits per heavy atom. The van der Waals surface area contributed by atoms with Crippen LogP contribution in [0, 0.1) is 26.7 Å². The fourth-order valence-corrected chi connectivity index (χ4v) is 9.17. The first-order valence-electron chi connectivity index (χ1n) is 13.6. The minimum atomic E-state index is -3.16. The fourth-order valence-electron chi connectivity index (χ4n) is 6.90. The Hall–Kier alpha value is -2.27. The van der Waals surface area contributed by atoms with Gasteiger partial charge in [-0.1, -0.05) is 13.8 Å². The van der Waals surface area contributed by atoms with E-state index in [1.807, 2.05) is 15.9 Å². The van der Waals surface area contributed by atoms with Crippen molar-refractivity contribution < 1.29 is 8.42 Å². The lowest BCUT2D eigenvalue weighted by molar-refractivity contribution is 0.210. The summed E-state index contributed by atoms with van der Waals surface area (Å²) in [6, 6.07) is 0.488. The molecule has 1 saturated heterocycles. The molecule has 38 heavy (non-hydrogen) atoms. The number of sulfonamides is 1. The molecule has 4 aromatic heterocycles. The number of rotatable bonds is 7. The molecule has 4 aromatic rings. The maximum atomic E-state index is 12.3. The highest BCUT2D eigenvalue weighted by Crippen LogP contribution is 2.53. The second kappa shape index (κ2) is 9.15. The molecule has 8 nitrogen and oxygen atoms in total. The van der Waals surface area contributed by atoms with Crippen LogP contribution in [-0.2, 0) is 10.0 Å². The van der Waals surface area contributed by atoms with Gasteiger partial charge >= 0.3 is 0 Å². The number of piperidine rings is 1. The van der Waals surface area contributed by atoms with Gasteiger partial charge in [0.05, 0.1) is 11.4 Å². The van der Waals surface area contributed by atoms with Crippen molar-refractivity contribution in [2.45, 2.75) is 65.3 Å². The smallest absolute Gasteiger partial charge is 0.214 e. The Labute approximate surface area is 229 Å². The van der Waals surface area contributed by atoms with Crippen LogP contribution in [0.3, 0.4) is 0 Å². The topological polar surface area (TPSA) is 86.6 Å². The first-order chi connectivity index (χ1) is 18.0. The monoisotopic (exact) mass is 554 g/mol. The normalized spacial score (nSPS) is 22.3. The summed E-state index contributed by atoms with van der Waals surface area (Å²) in [5, 5.41) is 5.82. The molecule has 0 spiro atoms. The van der Waals surface area contributed by atoms with E-state index in [0.717, 1.165) is 24.2 Å². The number of nitrogens with one attached hydrogen (secondary N) is 1. The lowest BCUT2D eigenvalue weighted by Gasteiger charge is -2.31. The number of likely N-dealkylation sites (tertiary alicyclic amines) is 1. The van der Waals surface area contributed by atoms with Crippen LogP contribution in [0.15, 0.2) is 12.5 Å². The number of thiophene rings is 1. The molecular weight excluding hydrogens is 516 g/mol. The second-order valence-corrected chi connectivity index (χ2v) is 15.1. The number of fused-ring (bicyclic) bond motifs is 4. The maximum Gasteiger partial charge on any atom is 0.214 e. The summed E-state index contributed by atoms with van der Waals surface area (Å²) in [6.45, 7) is 12.8. The van der Waals surface area contributed by atoms with Crippen LogP contribution in [0.4, 0.5) is 0 Å². The summed E-state index contributed by atoms with van der Waals surface area (Å²) in [7, 11) is 0.0813. The number of pyridine rings is 1. The zero-order valence-electron chi connectivity index (χ0n) is 23.4. The van der Waals surface area contributed by atoms with E-state index in [0.29, 0.717) is 30.3 Å². The van der Waals surface area contributed by atoms with Gasteiger partial charge in [-0.15, -0.1) is 11.3 Å². The van der Waals surface area contributed by atoms with Crippen LogP contribution in [0.2, 0.25) is 0 Å². The van der Waals surface area contributed by atoms with E-state index in [4.69, 9.17) is 0 Å². The first kappa shape index (κ1) is 26.0. The third-order valence-electron chi connectivity index (χ3n) is 9.12. The number of hydrogen-bond donors (Lipinski definition) is 1. The Bertz CT molecular complexity index is 1640. The van der Waals surface area contributed by atoms with Crippen molar-refractivity contribution in [1.29, 1.82) is 0 Å². The molecule has 1 aliphatic heterocycles. The zero-order valence-corrected chi connectivity index (χ0v) is 25.0. The minimum Gasteiger partial charge on any atom is -0.346 e. The molecule has 2 unspecified atom stereocenters. The summed E-state index contributed by atoms with van der Waals surface area (Å²) >= 11 is 1.93. The lowest BCUT2D eigenvalue weighted by Crippen LogP contribution is -2.39. The van der Waals surface area contributed by atoms with Gasteiger partial charge in [-0.3, -0.25) is 4.90 Å². The van der Waals surface area contributed by atoms with E-state index in [1.165, 1.54) is 53.8 Å². The number of hydrogen-bond acceptors (Lipinski definition) is 6. The quantitative estimate of drug-likeness (QED) is 0.345. The van der Waals surface area contributed by atoms with Crippen LogP contribution in [0.1, 0.15) is 65.7 Å². The summed E-state index contributed by atoms with van der Waals surface area (Å²) in [6.07, 6.45) is 6.04. The molecule has 6 rings (SSSR count). The molecule has 1 N–H and O–H groups in total. The number of aromatic nitrogens is 4. The van der Waals surface area contributed by atoms with Crippen molar-refractivity contribution in [2.24, 2.45) is 5.92 Å². The Morgan fingerprint density at radius 1 is 1.16 bits per heavy atom. The van der Waals surface area contributed by atoms with E-state index in [-0.39, 0.29) is 5.75 Å². The second-order valence-electron chi connectivity index (χ2n) is 11.8. The van der Waals surface area contributed by atoms with Crippen molar-refractivity contribution in [2.75, 3.05) is 32.9 Å². The Kier molecular flexibility index (Phi) is 6.25. The average Bonchev–Trinajstić information content (AvgIpc) is 3.66. The third kappa shape index (κ3) is 3.94. The Morgan fingerprint density at radius 2 is 1.92 bits per heavy atom. The van der Waals surface area contributed by atoms with Gasteiger partial charge in [-0.25, -0.2) is 22.2 Å². The molecule has 0 radical (unpaired) electrons. The van der Waals surface area contributed by atoms with Crippen LogP contribution in [0.5, 0.6) is 0 Å². The number of nitrogens with zero attached hydrogens (tertiary/aromatic N) is 5. The molecule has 2 aliphatic rings. The number of aryl methyl sites for hydroxylation is 2. The van der Waals surface area contributed by atoms with Crippen LogP contribution in [-0.4, -0.2) is 76.2 Å². The van der Waals surface area contributed by atoms with Crippen LogP contribution < -0.4 is 0 Å². The van der Waals surface area contributed by atoms with Gasteiger partial charge in [-0.05, 0) is 73.6 Å². The Balaban J connectivity index is 1.32. The SMILES string of the molecule is Cc1c(-c2[nH]c3sc([C@@H]4CC5CC4CN5CCS(=O)(=O)N(C)C)c(C)c3c2C(C)C)cn2ncnc2c1C. The molecule has 5 heterocycles. The predicted molar refractivity (Wildman–Crippen MR) is 155 cm³/mol. The standard InChI is InChI=1S/C28H38N6O2S2/c1-15(2)23-24-18(5)26(21-11-20-10-19(21)12-33(20)8-9-38(35,36)32(6)7)37-28(24)31-25(23)22-13-34-27(29-14-30-34)17(4)16(22)3/h13-15,19-21,31H,8-12H2,1-7H3/t19?,20?,21-/m1/s1. The van der Waals surface area contributed by atoms with Crippen LogP contribution in [0.25, 0.3) is 27.1 Å². The highest BCUT2D eigenvalue weighted by molar-refractivity contribution is 7.89. The first-order valence-corrected chi connectivity index (χ1v) is 16.0. The number of H-pyrrole nitrogens is 1. The molecule has 10 heteroatoms. The molecule has 0 amide bonds. The van der Waals surface area contributed by atoms with Gasteiger partial charge in [0.2, 0.25) is 10.0 Å². The molecule has 1 saturated carbocycles. The number of aromatic amines is 1. The maximum absolute atomic E-state index is 12.3.